The number of hydrogen-bond donors (Lipinski definition) is 0. The van der Waals surface area contributed by atoms with E-state index in [0.717, 1.165) is 6.54 Å². The fourth-order valence-corrected chi connectivity index (χ4v) is 4.32. The summed E-state index contributed by atoms with van der Waals surface area (Å²) in [6.45, 7) is 6.12. The zero-order valence-corrected chi connectivity index (χ0v) is 15.7. The van der Waals surface area contributed by atoms with E-state index < -0.39 is 10.0 Å². The lowest BCUT2D eigenvalue weighted by molar-refractivity contribution is 0.101. The number of sulfonamides is 1. The predicted molar refractivity (Wildman–Crippen MR) is 94.4 cm³/mol. The SMILES string of the molecule is CC(=O)c1ccc(S(=O)(=O)N2CCN(CCc3nnc(C)o3)CC2)cc1. The lowest BCUT2D eigenvalue weighted by Gasteiger charge is -2.33. The Hall–Kier alpha value is -2.10. The van der Waals surface area contributed by atoms with Crippen LogP contribution in [0.15, 0.2) is 33.6 Å². The minimum absolute atomic E-state index is 0.0843. The third-order valence-electron chi connectivity index (χ3n) is 4.44. The van der Waals surface area contributed by atoms with Crippen molar-refractivity contribution in [3.05, 3.63) is 41.6 Å². The molecule has 9 heteroatoms. The molecule has 0 atom stereocenters. The molecule has 3 rings (SSSR count). The Morgan fingerprint density at radius 2 is 1.77 bits per heavy atom. The van der Waals surface area contributed by atoms with Gasteiger partial charge in [0.1, 0.15) is 0 Å². The molecule has 2 aromatic rings. The highest BCUT2D eigenvalue weighted by atomic mass is 32.2. The van der Waals surface area contributed by atoms with Crippen LogP contribution in [0.3, 0.4) is 0 Å². The quantitative estimate of drug-likeness (QED) is 0.695. The van der Waals surface area contributed by atoms with Crippen molar-refractivity contribution in [3.8, 4) is 0 Å². The Labute approximate surface area is 152 Å². The van der Waals surface area contributed by atoms with Gasteiger partial charge in [-0.05, 0) is 19.1 Å². The number of rotatable bonds is 6. The van der Waals surface area contributed by atoms with Crippen molar-refractivity contribution in [1.82, 2.24) is 19.4 Å². The van der Waals surface area contributed by atoms with Gasteiger partial charge in [-0.25, -0.2) is 8.42 Å². The molecule has 26 heavy (non-hydrogen) atoms. The van der Waals surface area contributed by atoms with E-state index >= 15 is 0 Å². The highest BCUT2D eigenvalue weighted by molar-refractivity contribution is 7.89. The number of ketones is 1. The van der Waals surface area contributed by atoms with Gasteiger partial charge < -0.3 is 9.32 Å². The first-order valence-electron chi connectivity index (χ1n) is 8.49. The lowest BCUT2D eigenvalue weighted by atomic mass is 10.2. The van der Waals surface area contributed by atoms with Crippen LogP contribution < -0.4 is 0 Å². The first-order valence-corrected chi connectivity index (χ1v) is 9.93. The predicted octanol–water partition coefficient (Wildman–Crippen LogP) is 1.13. The van der Waals surface area contributed by atoms with Crippen LogP contribution in [-0.2, 0) is 16.4 Å². The zero-order chi connectivity index (χ0) is 18.7. The van der Waals surface area contributed by atoms with Crippen LogP contribution >= 0.6 is 0 Å². The van der Waals surface area contributed by atoms with Crippen molar-refractivity contribution in [2.45, 2.75) is 25.2 Å². The van der Waals surface area contributed by atoms with Crippen molar-refractivity contribution < 1.29 is 17.6 Å². The molecule has 0 amide bonds. The molecule has 0 radical (unpaired) electrons. The molecule has 1 aliphatic rings. The van der Waals surface area contributed by atoms with Crippen LogP contribution in [0.1, 0.15) is 29.1 Å². The normalized spacial score (nSPS) is 16.7. The maximum Gasteiger partial charge on any atom is 0.243 e. The summed E-state index contributed by atoms with van der Waals surface area (Å²) in [5, 5.41) is 7.77. The Balaban J connectivity index is 1.57. The molecule has 1 saturated heterocycles. The standard InChI is InChI=1S/C17H22N4O4S/c1-13(22)15-3-5-16(6-4-15)26(23,24)21-11-9-20(10-12-21)8-7-17-19-18-14(2)25-17/h3-6H,7-12H2,1-2H3. The van der Waals surface area contributed by atoms with Gasteiger partial charge in [0.25, 0.3) is 0 Å². The van der Waals surface area contributed by atoms with E-state index in [4.69, 9.17) is 4.42 Å². The molecule has 0 saturated carbocycles. The van der Waals surface area contributed by atoms with Crippen molar-refractivity contribution in [1.29, 1.82) is 0 Å². The van der Waals surface area contributed by atoms with E-state index in [1.807, 2.05) is 0 Å². The summed E-state index contributed by atoms with van der Waals surface area (Å²) in [5.74, 6) is 1.06. The summed E-state index contributed by atoms with van der Waals surface area (Å²) < 4.78 is 32.3. The number of benzene rings is 1. The van der Waals surface area contributed by atoms with E-state index in [2.05, 4.69) is 15.1 Å². The van der Waals surface area contributed by atoms with E-state index in [1.54, 1.807) is 19.1 Å². The minimum Gasteiger partial charge on any atom is -0.426 e. The van der Waals surface area contributed by atoms with Gasteiger partial charge in [0.05, 0.1) is 4.90 Å². The third kappa shape index (κ3) is 4.17. The molecule has 8 nitrogen and oxygen atoms in total. The molecule has 1 aromatic carbocycles. The van der Waals surface area contributed by atoms with Crippen LogP contribution in [0.5, 0.6) is 0 Å². The Morgan fingerprint density at radius 1 is 1.12 bits per heavy atom. The number of hydrogen-bond acceptors (Lipinski definition) is 7. The number of carbonyl (C=O) groups is 1. The van der Waals surface area contributed by atoms with Crippen LogP contribution in [0.25, 0.3) is 0 Å². The first-order chi connectivity index (χ1) is 12.4. The highest BCUT2D eigenvalue weighted by Crippen LogP contribution is 2.18. The van der Waals surface area contributed by atoms with Gasteiger partial charge in [-0.2, -0.15) is 4.31 Å². The molecule has 0 bridgehead atoms. The smallest absolute Gasteiger partial charge is 0.243 e. The fraction of sp³-hybridized carbons (Fsp3) is 0.471. The van der Waals surface area contributed by atoms with Crippen molar-refractivity contribution in [3.63, 3.8) is 0 Å². The summed E-state index contributed by atoms with van der Waals surface area (Å²) in [6.07, 6.45) is 0.653. The van der Waals surface area contributed by atoms with E-state index in [-0.39, 0.29) is 10.7 Å². The van der Waals surface area contributed by atoms with Crippen molar-refractivity contribution in [2.75, 3.05) is 32.7 Å². The number of aromatic nitrogens is 2. The highest BCUT2D eigenvalue weighted by Gasteiger charge is 2.28. The van der Waals surface area contributed by atoms with E-state index in [0.29, 0.717) is 49.9 Å². The van der Waals surface area contributed by atoms with Gasteiger partial charge in [-0.1, -0.05) is 12.1 Å². The number of aryl methyl sites for hydroxylation is 1. The molecule has 0 unspecified atom stereocenters. The largest absolute Gasteiger partial charge is 0.426 e. The molecule has 0 aliphatic carbocycles. The van der Waals surface area contributed by atoms with Crippen LogP contribution in [0.2, 0.25) is 0 Å². The molecule has 0 spiro atoms. The van der Waals surface area contributed by atoms with E-state index in [1.165, 1.54) is 23.4 Å². The molecule has 1 aromatic heterocycles. The summed E-state index contributed by atoms with van der Waals surface area (Å²) in [7, 11) is -3.54. The topological polar surface area (TPSA) is 96.6 Å². The van der Waals surface area contributed by atoms with Gasteiger partial charge in [0, 0.05) is 51.6 Å². The maximum atomic E-state index is 12.7. The zero-order valence-electron chi connectivity index (χ0n) is 14.9. The van der Waals surface area contributed by atoms with Crippen molar-refractivity contribution >= 4 is 15.8 Å². The second-order valence-electron chi connectivity index (χ2n) is 6.29. The van der Waals surface area contributed by atoms with Gasteiger partial charge in [0.15, 0.2) is 5.78 Å². The molecule has 1 aliphatic heterocycles. The molecular formula is C17H22N4O4S. The monoisotopic (exact) mass is 378 g/mol. The molecular weight excluding hydrogens is 356 g/mol. The van der Waals surface area contributed by atoms with E-state index in [9.17, 15) is 13.2 Å². The summed E-state index contributed by atoms with van der Waals surface area (Å²) in [6, 6.07) is 6.10. The number of Topliss-reactive ketones (excluding diaryl/α,β-unsaturated/α-hetero) is 1. The first kappa shape index (κ1) is 18.7. The molecule has 2 heterocycles. The van der Waals surface area contributed by atoms with Crippen LogP contribution in [0.4, 0.5) is 0 Å². The third-order valence-corrected chi connectivity index (χ3v) is 6.35. The van der Waals surface area contributed by atoms with Gasteiger partial charge in [-0.3, -0.25) is 4.79 Å². The Kier molecular flexibility index (Phi) is 5.49. The van der Waals surface area contributed by atoms with Gasteiger partial charge in [-0.15, -0.1) is 10.2 Å². The molecule has 1 fully saturated rings. The summed E-state index contributed by atoms with van der Waals surface area (Å²) in [5.41, 5.74) is 0.505. The minimum atomic E-state index is -3.54. The van der Waals surface area contributed by atoms with Crippen LogP contribution in [-0.4, -0.2) is 66.3 Å². The fourth-order valence-electron chi connectivity index (χ4n) is 2.90. The average molecular weight is 378 g/mol. The Bertz CT molecular complexity index is 868. The number of nitrogens with zero attached hydrogens (tertiary/aromatic N) is 4. The second-order valence-corrected chi connectivity index (χ2v) is 8.23. The Morgan fingerprint density at radius 3 is 2.31 bits per heavy atom. The summed E-state index contributed by atoms with van der Waals surface area (Å²) >= 11 is 0. The van der Waals surface area contributed by atoms with Gasteiger partial charge >= 0.3 is 0 Å². The average Bonchev–Trinajstić information content (AvgIpc) is 3.06. The summed E-state index contributed by atoms with van der Waals surface area (Å²) in [4.78, 5) is 13.7. The second kappa shape index (κ2) is 7.65. The number of piperazine rings is 1. The van der Waals surface area contributed by atoms with Crippen molar-refractivity contribution in [2.24, 2.45) is 0 Å². The molecule has 140 valence electrons. The molecule has 0 N–H and O–H groups in total. The van der Waals surface area contributed by atoms with Gasteiger partial charge in [0.2, 0.25) is 21.8 Å². The maximum absolute atomic E-state index is 12.7. The lowest BCUT2D eigenvalue weighted by Crippen LogP contribution is -2.49. The van der Waals surface area contributed by atoms with Crippen LogP contribution in [0, 0.1) is 6.92 Å². The number of carbonyl (C=O) groups excluding carboxylic acids is 1.